The third kappa shape index (κ3) is 2.65. The topological polar surface area (TPSA) is 62.7 Å². The minimum Gasteiger partial charge on any atom is -0.448 e. The van der Waals surface area contributed by atoms with Crippen molar-refractivity contribution in [3.8, 4) is 11.3 Å². The van der Waals surface area contributed by atoms with E-state index >= 15 is 0 Å². The predicted molar refractivity (Wildman–Crippen MR) is 91.3 cm³/mol. The molecule has 0 bridgehead atoms. The van der Waals surface area contributed by atoms with Crippen molar-refractivity contribution < 1.29 is 14.3 Å². The number of aromatic nitrogens is 1. The first-order valence-corrected chi connectivity index (χ1v) is 8.76. The smallest absolute Gasteiger partial charge is 0.409 e. The zero-order valence-electron chi connectivity index (χ0n) is 13.3. The Kier molecular flexibility index (Phi) is 3.72. The number of ether oxygens (including phenoxy) is 1. The van der Waals surface area contributed by atoms with Gasteiger partial charge in [0.1, 0.15) is 6.61 Å². The summed E-state index contributed by atoms with van der Waals surface area (Å²) in [5, 5.41) is 3.03. The zero-order chi connectivity index (χ0) is 16.7. The Morgan fingerprint density at radius 2 is 2.21 bits per heavy atom. The largest absolute Gasteiger partial charge is 0.448 e. The number of hydrogen-bond acceptors (Lipinski definition) is 5. The molecule has 4 rings (SSSR count). The highest BCUT2D eigenvalue weighted by Gasteiger charge is 2.24. The molecule has 1 saturated heterocycles. The number of carbonyl (C=O) groups excluding carboxylic acids is 2. The molecule has 2 aliphatic rings. The first kappa shape index (κ1) is 15.1. The Balaban J connectivity index is 1.48. The summed E-state index contributed by atoms with van der Waals surface area (Å²) in [5.74, 6) is 0.124. The molecule has 2 aliphatic heterocycles. The lowest BCUT2D eigenvalue weighted by molar-refractivity contribution is -0.117. The van der Waals surface area contributed by atoms with Crippen LogP contribution in [0.15, 0.2) is 23.6 Å². The Labute approximate surface area is 143 Å². The summed E-state index contributed by atoms with van der Waals surface area (Å²) in [4.78, 5) is 31.3. The predicted octanol–water partition coefficient (Wildman–Crippen LogP) is 2.32. The molecule has 0 atom stereocenters. The molecule has 2 amide bonds. The molecule has 124 valence electrons. The number of thiazole rings is 1. The number of hydrogen-bond donors (Lipinski definition) is 0. The fourth-order valence-corrected chi connectivity index (χ4v) is 3.84. The van der Waals surface area contributed by atoms with E-state index in [2.05, 4.69) is 4.98 Å². The normalized spacial score (nSPS) is 16.7. The minimum atomic E-state index is -0.237. The van der Waals surface area contributed by atoms with Gasteiger partial charge in [0.05, 0.1) is 23.7 Å². The van der Waals surface area contributed by atoms with Crippen LogP contribution in [0.5, 0.6) is 0 Å². The van der Waals surface area contributed by atoms with E-state index in [1.807, 2.05) is 23.6 Å². The van der Waals surface area contributed by atoms with Gasteiger partial charge in [0, 0.05) is 36.6 Å². The average Bonchev–Trinajstić information content (AvgIpc) is 3.26. The Bertz CT molecular complexity index is 817. The summed E-state index contributed by atoms with van der Waals surface area (Å²) >= 11 is 1.60. The molecule has 0 radical (unpaired) electrons. The lowest BCUT2D eigenvalue weighted by Gasteiger charge is -2.10. The monoisotopic (exact) mass is 343 g/mol. The van der Waals surface area contributed by atoms with Gasteiger partial charge >= 0.3 is 6.09 Å². The maximum absolute atomic E-state index is 11.8. The van der Waals surface area contributed by atoms with Crippen molar-refractivity contribution in [3.05, 3.63) is 34.2 Å². The van der Waals surface area contributed by atoms with Crippen molar-refractivity contribution in [3.63, 3.8) is 0 Å². The number of carbonyl (C=O) groups is 2. The molecule has 2 aromatic rings. The van der Waals surface area contributed by atoms with Crippen LogP contribution in [0.2, 0.25) is 0 Å². The summed E-state index contributed by atoms with van der Waals surface area (Å²) in [6, 6.07) is 6.03. The van der Waals surface area contributed by atoms with Crippen LogP contribution >= 0.6 is 11.3 Å². The number of cyclic esters (lactones) is 1. The van der Waals surface area contributed by atoms with Gasteiger partial charge in [-0.2, -0.15) is 0 Å². The van der Waals surface area contributed by atoms with Crippen LogP contribution in [-0.4, -0.2) is 48.6 Å². The highest BCUT2D eigenvalue weighted by molar-refractivity contribution is 7.09. The molecule has 0 aliphatic carbocycles. The standard InChI is InChI=1S/C17H17N3O3S/c1-19-14-3-2-11(8-12(14)9-16(19)21)13-10-24-15(18-13)4-5-20-6-7-23-17(20)22/h2-3,8,10H,4-7,9H2,1H3. The number of nitrogens with zero attached hydrogens (tertiary/aromatic N) is 3. The summed E-state index contributed by atoms with van der Waals surface area (Å²) < 4.78 is 4.93. The molecule has 24 heavy (non-hydrogen) atoms. The molecule has 1 fully saturated rings. The van der Waals surface area contributed by atoms with E-state index in [1.165, 1.54) is 0 Å². The van der Waals surface area contributed by atoms with Gasteiger partial charge in [-0.25, -0.2) is 9.78 Å². The third-order valence-electron chi connectivity index (χ3n) is 4.44. The number of fused-ring (bicyclic) bond motifs is 1. The van der Waals surface area contributed by atoms with Gasteiger partial charge in [-0.15, -0.1) is 11.3 Å². The van der Waals surface area contributed by atoms with Crippen molar-refractivity contribution in [2.24, 2.45) is 0 Å². The van der Waals surface area contributed by atoms with Crippen LogP contribution in [0.1, 0.15) is 10.6 Å². The molecular weight excluding hydrogens is 326 g/mol. The Hall–Kier alpha value is -2.41. The lowest BCUT2D eigenvalue weighted by Crippen LogP contribution is -2.26. The quantitative estimate of drug-likeness (QED) is 0.855. The molecule has 0 saturated carbocycles. The van der Waals surface area contributed by atoms with Crippen molar-refractivity contribution in [2.45, 2.75) is 12.8 Å². The van der Waals surface area contributed by atoms with Gasteiger partial charge in [-0.05, 0) is 17.7 Å². The van der Waals surface area contributed by atoms with Gasteiger partial charge in [-0.1, -0.05) is 6.07 Å². The number of amides is 2. The lowest BCUT2D eigenvalue weighted by atomic mass is 10.1. The van der Waals surface area contributed by atoms with Crippen LogP contribution in [0.4, 0.5) is 10.5 Å². The van der Waals surface area contributed by atoms with Crippen molar-refractivity contribution in [2.75, 3.05) is 31.6 Å². The molecule has 1 aromatic heterocycles. The van der Waals surface area contributed by atoms with E-state index in [1.54, 1.807) is 28.2 Å². The Morgan fingerprint density at radius 1 is 1.33 bits per heavy atom. The average molecular weight is 343 g/mol. The second kappa shape index (κ2) is 5.90. The molecule has 0 spiro atoms. The van der Waals surface area contributed by atoms with E-state index in [0.29, 0.717) is 26.1 Å². The summed E-state index contributed by atoms with van der Waals surface area (Å²) in [6.45, 7) is 1.77. The molecule has 3 heterocycles. The van der Waals surface area contributed by atoms with Crippen LogP contribution in [0.25, 0.3) is 11.3 Å². The van der Waals surface area contributed by atoms with Gasteiger partial charge in [0.2, 0.25) is 5.91 Å². The number of anilines is 1. The van der Waals surface area contributed by atoms with E-state index in [-0.39, 0.29) is 12.0 Å². The molecule has 0 unspecified atom stereocenters. The van der Waals surface area contributed by atoms with E-state index < -0.39 is 0 Å². The van der Waals surface area contributed by atoms with Gasteiger partial charge in [-0.3, -0.25) is 4.79 Å². The minimum absolute atomic E-state index is 0.124. The third-order valence-corrected chi connectivity index (χ3v) is 5.35. The number of likely N-dealkylation sites (N-methyl/N-ethyl adjacent to an activating group) is 1. The van der Waals surface area contributed by atoms with Crippen molar-refractivity contribution in [1.82, 2.24) is 9.88 Å². The maximum atomic E-state index is 11.8. The summed E-state index contributed by atoms with van der Waals surface area (Å²) in [5.41, 5.74) is 3.98. The maximum Gasteiger partial charge on any atom is 0.409 e. The van der Waals surface area contributed by atoms with Crippen molar-refractivity contribution in [1.29, 1.82) is 0 Å². The second-order valence-corrected chi connectivity index (χ2v) is 6.89. The zero-order valence-corrected chi connectivity index (χ0v) is 14.1. The van der Waals surface area contributed by atoms with Crippen LogP contribution in [-0.2, 0) is 22.4 Å². The molecule has 0 N–H and O–H groups in total. The van der Waals surface area contributed by atoms with Crippen LogP contribution in [0.3, 0.4) is 0 Å². The first-order valence-electron chi connectivity index (χ1n) is 7.88. The SMILES string of the molecule is CN1C(=O)Cc2cc(-c3csc(CCN4CCOC4=O)n3)ccc21. The highest BCUT2D eigenvalue weighted by Crippen LogP contribution is 2.32. The molecular formula is C17H17N3O3S. The van der Waals surface area contributed by atoms with Crippen LogP contribution < -0.4 is 4.90 Å². The summed E-state index contributed by atoms with van der Waals surface area (Å²) in [7, 11) is 1.80. The first-order chi connectivity index (χ1) is 11.6. The molecule has 1 aromatic carbocycles. The van der Waals surface area contributed by atoms with E-state index in [4.69, 9.17) is 4.74 Å². The van der Waals surface area contributed by atoms with Crippen LogP contribution in [0, 0.1) is 0 Å². The fraction of sp³-hybridized carbons (Fsp3) is 0.353. The second-order valence-electron chi connectivity index (χ2n) is 5.95. The Morgan fingerprint density at radius 3 is 3.00 bits per heavy atom. The highest BCUT2D eigenvalue weighted by atomic mass is 32.1. The number of rotatable bonds is 4. The van der Waals surface area contributed by atoms with Gasteiger partial charge in [0.25, 0.3) is 0 Å². The fourth-order valence-electron chi connectivity index (χ4n) is 3.05. The number of benzene rings is 1. The van der Waals surface area contributed by atoms with E-state index in [9.17, 15) is 9.59 Å². The van der Waals surface area contributed by atoms with Gasteiger partial charge in [0.15, 0.2) is 0 Å². The van der Waals surface area contributed by atoms with Gasteiger partial charge < -0.3 is 14.5 Å². The van der Waals surface area contributed by atoms with E-state index in [0.717, 1.165) is 33.9 Å². The molecule has 7 heteroatoms. The van der Waals surface area contributed by atoms with Crippen molar-refractivity contribution >= 4 is 29.0 Å². The summed E-state index contributed by atoms with van der Waals surface area (Å²) in [6.07, 6.45) is 0.943. The molecule has 6 nitrogen and oxygen atoms in total.